The minimum absolute atomic E-state index is 0.205. The summed E-state index contributed by atoms with van der Waals surface area (Å²) < 4.78 is 4.71. The fraction of sp³-hybridized carbons (Fsp3) is 0.900. The van der Waals surface area contributed by atoms with Gasteiger partial charge in [-0.25, -0.2) is 0 Å². The highest BCUT2D eigenvalue weighted by atomic mass is 16.5. The molecule has 4 nitrogen and oxygen atoms in total. The van der Waals surface area contributed by atoms with Gasteiger partial charge in [0, 0.05) is 6.54 Å². The molecule has 0 aromatic heterocycles. The number of carbonyl (C=O) groups is 1. The van der Waals surface area contributed by atoms with Gasteiger partial charge in [-0.2, -0.15) is 0 Å². The van der Waals surface area contributed by atoms with Gasteiger partial charge in [0.05, 0.1) is 7.11 Å². The van der Waals surface area contributed by atoms with E-state index in [0.29, 0.717) is 5.92 Å². The molecule has 4 heteroatoms. The summed E-state index contributed by atoms with van der Waals surface area (Å²) in [5, 5.41) is 6.53. The fourth-order valence-corrected chi connectivity index (χ4v) is 1.62. The van der Waals surface area contributed by atoms with E-state index in [0.717, 1.165) is 19.6 Å². The van der Waals surface area contributed by atoms with Crippen molar-refractivity contribution in [1.29, 1.82) is 0 Å². The lowest BCUT2D eigenvalue weighted by molar-refractivity contribution is -0.147. The molecule has 0 radical (unpaired) electrons. The Balaban J connectivity index is 2.31. The average Bonchev–Trinajstić information content (AvgIpc) is 2.66. The molecule has 0 amide bonds. The first-order valence-corrected chi connectivity index (χ1v) is 5.10. The van der Waals surface area contributed by atoms with Crippen LogP contribution in [0.4, 0.5) is 0 Å². The summed E-state index contributed by atoms with van der Waals surface area (Å²) in [5.41, 5.74) is -0.572. The Labute approximate surface area is 85.4 Å². The first-order chi connectivity index (χ1) is 6.56. The van der Waals surface area contributed by atoms with Crippen LogP contribution in [0.5, 0.6) is 0 Å². The Hall–Kier alpha value is -0.610. The molecule has 1 heterocycles. The summed E-state index contributed by atoms with van der Waals surface area (Å²) in [4.78, 5) is 11.3. The summed E-state index contributed by atoms with van der Waals surface area (Å²) >= 11 is 0. The summed E-state index contributed by atoms with van der Waals surface area (Å²) in [5.74, 6) is 0.433. The lowest BCUT2D eigenvalue weighted by Gasteiger charge is -2.24. The molecule has 82 valence electrons. The second-order valence-electron chi connectivity index (χ2n) is 4.36. The van der Waals surface area contributed by atoms with Crippen LogP contribution in [0, 0.1) is 5.92 Å². The van der Waals surface area contributed by atoms with Crippen molar-refractivity contribution in [2.75, 3.05) is 26.7 Å². The van der Waals surface area contributed by atoms with E-state index in [1.807, 2.05) is 13.8 Å². The number of hydrogen-bond donors (Lipinski definition) is 2. The zero-order valence-corrected chi connectivity index (χ0v) is 9.22. The maximum Gasteiger partial charge on any atom is 0.325 e. The Kier molecular flexibility index (Phi) is 3.89. The Bertz CT molecular complexity index is 198. The molecule has 2 N–H and O–H groups in total. The van der Waals surface area contributed by atoms with Gasteiger partial charge in [0.1, 0.15) is 5.54 Å². The van der Waals surface area contributed by atoms with Crippen molar-refractivity contribution in [2.24, 2.45) is 5.92 Å². The van der Waals surface area contributed by atoms with E-state index in [1.165, 1.54) is 13.5 Å². The van der Waals surface area contributed by atoms with Crippen LogP contribution in [0.1, 0.15) is 20.3 Å². The highest BCUT2D eigenvalue weighted by Crippen LogP contribution is 2.10. The molecule has 1 unspecified atom stereocenters. The fourth-order valence-electron chi connectivity index (χ4n) is 1.62. The van der Waals surface area contributed by atoms with Gasteiger partial charge in [0.2, 0.25) is 0 Å². The molecule has 14 heavy (non-hydrogen) atoms. The number of nitrogens with one attached hydrogen (secondary N) is 2. The Morgan fingerprint density at radius 1 is 1.64 bits per heavy atom. The predicted molar refractivity (Wildman–Crippen MR) is 55.1 cm³/mol. The molecule has 0 aliphatic carbocycles. The largest absolute Gasteiger partial charge is 0.468 e. The molecular formula is C10H20N2O2. The van der Waals surface area contributed by atoms with Crippen molar-refractivity contribution in [1.82, 2.24) is 10.6 Å². The van der Waals surface area contributed by atoms with E-state index in [-0.39, 0.29) is 5.97 Å². The number of rotatable bonds is 4. The first-order valence-electron chi connectivity index (χ1n) is 5.10. The lowest BCUT2D eigenvalue weighted by atomic mass is 10.0. The summed E-state index contributed by atoms with van der Waals surface area (Å²) in [7, 11) is 1.42. The second kappa shape index (κ2) is 4.75. The van der Waals surface area contributed by atoms with Crippen molar-refractivity contribution < 1.29 is 9.53 Å². The third-order valence-electron chi connectivity index (χ3n) is 2.69. The number of methoxy groups -OCH3 is 1. The molecule has 0 aromatic rings. The van der Waals surface area contributed by atoms with Gasteiger partial charge in [-0.05, 0) is 39.3 Å². The van der Waals surface area contributed by atoms with Crippen LogP contribution in [0.2, 0.25) is 0 Å². The van der Waals surface area contributed by atoms with Gasteiger partial charge in [-0.3, -0.25) is 4.79 Å². The van der Waals surface area contributed by atoms with Crippen LogP contribution in [-0.4, -0.2) is 38.3 Å². The van der Waals surface area contributed by atoms with E-state index >= 15 is 0 Å². The van der Waals surface area contributed by atoms with Crippen molar-refractivity contribution in [2.45, 2.75) is 25.8 Å². The third kappa shape index (κ3) is 2.96. The van der Waals surface area contributed by atoms with Crippen LogP contribution in [-0.2, 0) is 9.53 Å². The highest BCUT2D eigenvalue weighted by molar-refractivity contribution is 5.79. The van der Waals surface area contributed by atoms with Gasteiger partial charge in [-0.1, -0.05) is 0 Å². The minimum Gasteiger partial charge on any atom is -0.468 e. The molecular weight excluding hydrogens is 180 g/mol. The number of carbonyl (C=O) groups excluding carboxylic acids is 1. The van der Waals surface area contributed by atoms with Crippen LogP contribution in [0.25, 0.3) is 0 Å². The lowest BCUT2D eigenvalue weighted by Crippen LogP contribution is -2.49. The molecule has 1 fully saturated rings. The van der Waals surface area contributed by atoms with Crippen LogP contribution < -0.4 is 10.6 Å². The van der Waals surface area contributed by atoms with E-state index in [9.17, 15) is 4.79 Å². The average molecular weight is 200 g/mol. The molecule has 1 saturated heterocycles. The van der Waals surface area contributed by atoms with Crippen LogP contribution in [0.15, 0.2) is 0 Å². The Morgan fingerprint density at radius 3 is 2.86 bits per heavy atom. The molecule has 1 rings (SSSR count). The maximum absolute atomic E-state index is 11.3. The van der Waals surface area contributed by atoms with Gasteiger partial charge in [-0.15, -0.1) is 0 Å². The quantitative estimate of drug-likeness (QED) is 0.634. The minimum atomic E-state index is -0.572. The van der Waals surface area contributed by atoms with Gasteiger partial charge in [0.25, 0.3) is 0 Å². The molecule has 0 saturated carbocycles. The monoisotopic (exact) mass is 200 g/mol. The first kappa shape index (κ1) is 11.5. The second-order valence-corrected chi connectivity index (χ2v) is 4.36. The predicted octanol–water partition coefficient (Wildman–Crippen LogP) is 0.137. The zero-order valence-electron chi connectivity index (χ0n) is 9.22. The van der Waals surface area contributed by atoms with Crippen LogP contribution >= 0.6 is 0 Å². The third-order valence-corrected chi connectivity index (χ3v) is 2.69. The van der Waals surface area contributed by atoms with E-state index in [1.54, 1.807) is 0 Å². The number of ether oxygens (including phenoxy) is 1. The topological polar surface area (TPSA) is 50.4 Å². The number of hydrogen-bond acceptors (Lipinski definition) is 4. The van der Waals surface area contributed by atoms with Crippen molar-refractivity contribution in [3.8, 4) is 0 Å². The molecule has 0 spiro atoms. The van der Waals surface area contributed by atoms with Crippen molar-refractivity contribution in [3.05, 3.63) is 0 Å². The SMILES string of the molecule is COC(=O)C(C)(C)NCC1CCNC1. The van der Waals surface area contributed by atoms with Gasteiger partial charge >= 0.3 is 5.97 Å². The summed E-state index contributed by atoms with van der Waals surface area (Å²) in [6.45, 7) is 6.70. The molecule has 1 atom stereocenters. The zero-order chi connectivity index (χ0) is 10.6. The number of esters is 1. The normalized spacial score (nSPS) is 22.4. The highest BCUT2D eigenvalue weighted by Gasteiger charge is 2.29. The standard InChI is InChI=1S/C10H20N2O2/c1-10(2,9(13)14-3)12-7-8-4-5-11-6-8/h8,11-12H,4-7H2,1-3H3. The maximum atomic E-state index is 11.3. The molecule has 1 aliphatic rings. The Morgan fingerprint density at radius 2 is 2.36 bits per heavy atom. The van der Waals surface area contributed by atoms with Crippen LogP contribution in [0.3, 0.4) is 0 Å². The van der Waals surface area contributed by atoms with E-state index < -0.39 is 5.54 Å². The van der Waals surface area contributed by atoms with Crippen molar-refractivity contribution >= 4 is 5.97 Å². The van der Waals surface area contributed by atoms with E-state index in [4.69, 9.17) is 4.74 Å². The summed E-state index contributed by atoms with van der Waals surface area (Å²) in [6.07, 6.45) is 1.18. The van der Waals surface area contributed by atoms with Crippen molar-refractivity contribution in [3.63, 3.8) is 0 Å². The summed E-state index contributed by atoms with van der Waals surface area (Å²) in [6, 6.07) is 0. The molecule has 0 aromatic carbocycles. The van der Waals surface area contributed by atoms with Gasteiger partial charge in [0.15, 0.2) is 0 Å². The van der Waals surface area contributed by atoms with Gasteiger partial charge < -0.3 is 15.4 Å². The molecule has 1 aliphatic heterocycles. The smallest absolute Gasteiger partial charge is 0.325 e. The molecule has 0 bridgehead atoms. The van der Waals surface area contributed by atoms with E-state index in [2.05, 4.69) is 10.6 Å².